The van der Waals surface area contributed by atoms with Crippen LogP contribution < -0.4 is 15.6 Å². The molecule has 3 aromatic heterocycles. The van der Waals surface area contributed by atoms with Gasteiger partial charge in [0.25, 0.3) is 11.8 Å². The van der Waals surface area contributed by atoms with Gasteiger partial charge in [0, 0.05) is 22.1 Å². The van der Waals surface area contributed by atoms with Gasteiger partial charge in [-0.25, -0.2) is 14.8 Å². The average molecular weight is 556 g/mol. The zero-order chi connectivity index (χ0) is 27.0. The Hall–Kier alpha value is -4.24. The molecule has 1 saturated heterocycles. The SMILES string of the molecule is CON=C(C(=O)NC1C(=O)N2C(C(=O)O)=C(/C=C/C[n+]3ccc4nc(C)[nH]c4c3)SCC12)c1csc(N)n1. The smallest absolute Gasteiger partial charge is 0.353 e. The lowest BCUT2D eigenvalue weighted by molar-refractivity contribution is -0.685. The van der Waals surface area contributed by atoms with E-state index in [-0.39, 0.29) is 22.2 Å². The molecule has 13 nitrogen and oxygen atoms in total. The Kier molecular flexibility index (Phi) is 6.86. The maximum absolute atomic E-state index is 13.0. The first kappa shape index (κ1) is 25.4. The molecule has 0 bridgehead atoms. The van der Waals surface area contributed by atoms with Crippen molar-refractivity contribution in [3.05, 3.63) is 58.1 Å². The number of carboxylic acids is 1. The number of nitrogen functional groups attached to an aromatic ring is 1. The zero-order valence-electron chi connectivity index (χ0n) is 20.2. The van der Waals surface area contributed by atoms with E-state index in [0.29, 0.717) is 17.2 Å². The molecule has 3 aromatic rings. The fourth-order valence-corrected chi connectivity index (χ4v) is 6.03. The Bertz CT molecular complexity index is 1540. The van der Waals surface area contributed by atoms with E-state index in [1.54, 1.807) is 11.5 Å². The highest BCUT2D eigenvalue weighted by Crippen LogP contribution is 2.39. The van der Waals surface area contributed by atoms with Crippen LogP contribution >= 0.6 is 23.1 Å². The number of carbonyl (C=O) groups is 3. The Morgan fingerprint density at radius 2 is 2.26 bits per heavy atom. The molecule has 5 N–H and O–H groups in total. The second-order valence-electron chi connectivity index (χ2n) is 8.41. The van der Waals surface area contributed by atoms with Crippen molar-refractivity contribution in [2.75, 3.05) is 18.6 Å². The molecule has 2 aliphatic rings. The van der Waals surface area contributed by atoms with Crippen molar-refractivity contribution >= 4 is 62.8 Å². The highest BCUT2D eigenvalue weighted by Gasteiger charge is 2.54. The van der Waals surface area contributed by atoms with E-state index in [2.05, 4.69) is 25.4 Å². The van der Waals surface area contributed by atoms with Gasteiger partial charge in [0.2, 0.25) is 0 Å². The van der Waals surface area contributed by atoms with Crippen LogP contribution in [0.5, 0.6) is 0 Å². The Balaban J connectivity index is 1.30. The lowest BCUT2D eigenvalue weighted by Gasteiger charge is -2.49. The van der Waals surface area contributed by atoms with E-state index in [9.17, 15) is 19.5 Å². The minimum absolute atomic E-state index is 0.110. The molecule has 0 spiro atoms. The molecule has 5 heterocycles. The van der Waals surface area contributed by atoms with Gasteiger partial charge in [0.1, 0.15) is 41.4 Å². The van der Waals surface area contributed by atoms with Crippen LogP contribution in [0.4, 0.5) is 5.13 Å². The number of H-pyrrole nitrogens is 1. The van der Waals surface area contributed by atoms with Crippen LogP contribution in [0.15, 0.2) is 51.8 Å². The first-order chi connectivity index (χ1) is 18.3. The zero-order valence-corrected chi connectivity index (χ0v) is 21.9. The first-order valence-electron chi connectivity index (χ1n) is 11.4. The number of carbonyl (C=O) groups excluding carboxylic acids is 2. The van der Waals surface area contributed by atoms with Crippen LogP contribution in [-0.4, -0.2) is 73.4 Å². The molecule has 38 heavy (non-hydrogen) atoms. The number of imidazole rings is 1. The number of rotatable bonds is 8. The molecule has 2 unspecified atom stereocenters. The van der Waals surface area contributed by atoms with E-state index < -0.39 is 29.9 Å². The number of hydrogen-bond donors (Lipinski definition) is 4. The number of nitrogens with zero attached hydrogens (tertiary/aromatic N) is 5. The van der Waals surface area contributed by atoms with Gasteiger partial charge < -0.3 is 26.0 Å². The van der Waals surface area contributed by atoms with Crippen molar-refractivity contribution in [1.29, 1.82) is 0 Å². The monoisotopic (exact) mass is 555 g/mol. The van der Waals surface area contributed by atoms with Gasteiger partial charge in [-0.3, -0.25) is 14.5 Å². The van der Waals surface area contributed by atoms with Gasteiger partial charge in [-0.15, -0.1) is 23.1 Å². The van der Waals surface area contributed by atoms with Crippen LogP contribution in [0.3, 0.4) is 0 Å². The van der Waals surface area contributed by atoms with Gasteiger partial charge >= 0.3 is 5.97 Å². The number of pyridine rings is 1. The van der Waals surface area contributed by atoms with Gasteiger partial charge in [-0.05, 0) is 19.1 Å². The van der Waals surface area contributed by atoms with E-state index in [1.807, 2.05) is 36.0 Å². The first-order valence-corrected chi connectivity index (χ1v) is 13.2. The van der Waals surface area contributed by atoms with E-state index in [4.69, 9.17) is 10.6 Å². The maximum atomic E-state index is 13.0. The molecular weight excluding hydrogens is 532 g/mol. The second-order valence-corrected chi connectivity index (χ2v) is 10.4. The molecule has 196 valence electrons. The number of fused-ring (bicyclic) bond motifs is 2. The summed E-state index contributed by atoms with van der Waals surface area (Å²) in [6.07, 6.45) is 7.34. The number of nitrogens with two attached hydrogens (primary N) is 1. The molecule has 1 fully saturated rings. The summed E-state index contributed by atoms with van der Waals surface area (Å²) in [5, 5.41) is 18.1. The van der Waals surface area contributed by atoms with Gasteiger partial charge in [-0.2, -0.15) is 4.57 Å². The Labute approximate surface area is 224 Å². The third-order valence-corrected chi connectivity index (χ3v) is 7.76. The number of anilines is 1. The Morgan fingerprint density at radius 3 is 2.97 bits per heavy atom. The van der Waals surface area contributed by atoms with Crippen LogP contribution in [0, 0.1) is 6.92 Å². The quantitative estimate of drug-likeness (QED) is 0.134. The van der Waals surface area contributed by atoms with Crippen molar-refractivity contribution < 1.29 is 28.9 Å². The summed E-state index contributed by atoms with van der Waals surface area (Å²) in [7, 11) is 1.28. The maximum Gasteiger partial charge on any atom is 0.353 e. The minimum atomic E-state index is -1.22. The molecule has 2 amide bonds. The van der Waals surface area contributed by atoms with Crippen molar-refractivity contribution in [3.63, 3.8) is 0 Å². The van der Waals surface area contributed by atoms with Crippen LogP contribution in [0.1, 0.15) is 11.5 Å². The molecule has 0 aromatic carbocycles. The number of aromatic nitrogens is 4. The van der Waals surface area contributed by atoms with E-state index in [0.717, 1.165) is 28.2 Å². The fourth-order valence-electron chi connectivity index (χ4n) is 4.27. The molecular formula is C23H23N8O5S2+. The minimum Gasteiger partial charge on any atom is -0.477 e. The molecule has 0 aliphatic carbocycles. The standard InChI is InChI=1S/C23H22N8O5S2/c1-11-25-12-5-7-30(8-13(12)26-11)6-3-4-16-19(22(34)35)31-15(10-37-16)18(21(31)33)28-20(32)17(29-36-2)14-9-38-23(24)27-14/h3-5,7-9,15,18H,6,10H2,1-2H3,(H4,24,27,28,32,34,35)/p+1/b4-3+,29-17?. The van der Waals surface area contributed by atoms with Crippen LogP contribution in [-0.2, 0) is 25.8 Å². The number of amides is 2. The van der Waals surface area contributed by atoms with Crippen molar-refractivity contribution in [3.8, 4) is 0 Å². The summed E-state index contributed by atoms with van der Waals surface area (Å²) >= 11 is 2.45. The fraction of sp³-hybridized carbons (Fsp3) is 0.261. The molecule has 0 saturated carbocycles. The molecule has 2 atom stereocenters. The van der Waals surface area contributed by atoms with E-state index in [1.165, 1.54) is 23.8 Å². The average Bonchev–Trinajstić information content (AvgIpc) is 3.48. The number of β-lactam (4-membered cyclic amide) rings is 1. The third kappa shape index (κ3) is 4.72. The van der Waals surface area contributed by atoms with Crippen LogP contribution in [0.25, 0.3) is 11.0 Å². The third-order valence-electron chi connectivity index (χ3n) is 5.94. The summed E-state index contributed by atoms with van der Waals surface area (Å²) in [6, 6.07) is 0.464. The number of thiazole rings is 1. The van der Waals surface area contributed by atoms with E-state index >= 15 is 0 Å². The number of aliphatic carboxylic acids is 1. The molecule has 0 radical (unpaired) electrons. The summed E-state index contributed by atoms with van der Waals surface area (Å²) in [5.41, 5.74) is 7.39. The van der Waals surface area contributed by atoms with Gasteiger partial charge in [0.15, 0.2) is 29.8 Å². The lowest BCUT2D eigenvalue weighted by atomic mass is 9.94. The normalized spacial score (nSPS) is 19.6. The number of hydrogen-bond acceptors (Lipinski definition) is 10. The van der Waals surface area contributed by atoms with Crippen molar-refractivity contribution in [2.24, 2.45) is 5.16 Å². The summed E-state index contributed by atoms with van der Waals surface area (Å²) < 4.78 is 1.93. The number of aromatic amines is 1. The summed E-state index contributed by atoms with van der Waals surface area (Å²) in [6.45, 7) is 2.37. The van der Waals surface area contributed by atoms with Gasteiger partial charge in [0.05, 0.1) is 6.04 Å². The predicted octanol–water partition coefficient (Wildman–Crippen LogP) is 0.543. The number of carboxylic acid groups (broad SMARTS) is 1. The largest absolute Gasteiger partial charge is 0.477 e. The molecule has 2 aliphatic heterocycles. The number of allylic oxidation sites excluding steroid dienone is 2. The van der Waals surface area contributed by atoms with Crippen molar-refractivity contribution in [2.45, 2.75) is 25.6 Å². The highest BCUT2D eigenvalue weighted by molar-refractivity contribution is 8.03. The van der Waals surface area contributed by atoms with Crippen LogP contribution in [0.2, 0.25) is 0 Å². The predicted molar refractivity (Wildman–Crippen MR) is 140 cm³/mol. The summed E-state index contributed by atoms with van der Waals surface area (Å²) in [5.74, 6) is -1.19. The summed E-state index contributed by atoms with van der Waals surface area (Å²) in [4.78, 5) is 56.1. The number of aryl methyl sites for hydroxylation is 1. The van der Waals surface area contributed by atoms with Gasteiger partial charge in [-0.1, -0.05) is 5.16 Å². The number of nitrogens with one attached hydrogen (secondary N) is 2. The number of thioether (sulfide) groups is 1. The second kappa shape index (κ2) is 10.3. The number of oxime groups is 1. The Morgan fingerprint density at radius 1 is 1.45 bits per heavy atom. The molecule has 15 heteroatoms. The topological polar surface area (TPSA) is 180 Å². The van der Waals surface area contributed by atoms with Crippen molar-refractivity contribution in [1.82, 2.24) is 25.2 Å². The lowest BCUT2D eigenvalue weighted by Crippen LogP contribution is -2.73. The molecule has 5 rings (SSSR count). The highest BCUT2D eigenvalue weighted by atomic mass is 32.2.